The maximum Gasteiger partial charge on any atom is 0.264 e. The third-order valence-electron chi connectivity index (χ3n) is 4.75. The molecule has 0 spiro atoms. The van der Waals surface area contributed by atoms with E-state index in [1.165, 1.54) is 25.6 Å². The van der Waals surface area contributed by atoms with Crippen LogP contribution in [-0.2, 0) is 10.0 Å². The van der Waals surface area contributed by atoms with Crippen LogP contribution in [0.25, 0.3) is 11.0 Å². The van der Waals surface area contributed by atoms with Gasteiger partial charge >= 0.3 is 0 Å². The molecule has 4 aromatic rings. The molecule has 170 valence electrons. The molecule has 0 aliphatic carbocycles. The largest absolute Gasteiger partial charge is 0.496 e. The van der Waals surface area contributed by atoms with E-state index in [1.807, 2.05) is 0 Å². The molecule has 0 aliphatic heterocycles. The fourth-order valence-corrected chi connectivity index (χ4v) is 4.36. The molecular weight excluding hydrogens is 466 g/mol. The maximum absolute atomic E-state index is 15.2. The molecule has 2 heterocycles. The Labute approximate surface area is 184 Å². The second-order valence-corrected chi connectivity index (χ2v) is 8.38. The topological polar surface area (TPSA) is 101 Å². The monoisotopic (exact) mass is 479 g/mol. The highest BCUT2D eigenvalue weighted by molar-refractivity contribution is 7.92. The predicted octanol–water partition coefficient (Wildman–Crippen LogP) is 4.16. The van der Waals surface area contributed by atoms with Crippen LogP contribution in [0.15, 0.2) is 53.7 Å². The number of methoxy groups -OCH3 is 1. The molecule has 0 unspecified atom stereocenters. The second-order valence-electron chi connectivity index (χ2n) is 6.73. The number of nitrogens with zero attached hydrogens (tertiary/aromatic N) is 1. The number of hydrogen-bond acceptors (Lipinski definition) is 5. The number of halogens is 4. The lowest BCUT2D eigenvalue weighted by molar-refractivity contribution is 0.103. The van der Waals surface area contributed by atoms with Gasteiger partial charge in [0.2, 0.25) is 5.78 Å². The molecule has 4 rings (SSSR count). The molecule has 2 aromatic heterocycles. The van der Waals surface area contributed by atoms with Crippen molar-refractivity contribution in [3.05, 3.63) is 83.2 Å². The van der Waals surface area contributed by atoms with E-state index in [-0.39, 0.29) is 22.3 Å². The summed E-state index contributed by atoms with van der Waals surface area (Å²) >= 11 is 0. The van der Waals surface area contributed by atoms with Crippen molar-refractivity contribution in [2.24, 2.45) is 0 Å². The van der Waals surface area contributed by atoms with Crippen molar-refractivity contribution in [1.82, 2.24) is 9.97 Å². The number of ether oxygens (including phenoxy) is 1. The first-order valence-corrected chi connectivity index (χ1v) is 10.6. The number of carbonyl (C=O) groups excluding carboxylic acids is 1. The Morgan fingerprint density at radius 3 is 2.52 bits per heavy atom. The zero-order chi connectivity index (χ0) is 23.9. The molecule has 0 amide bonds. The van der Waals surface area contributed by atoms with Gasteiger partial charge in [0.15, 0.2) is 5.82 Å². The van der Waals surface area contributed by atoms with Crippen LogP contribution in [0.5, 0.6) is 5.75 Å². The summed E-state index contributed by atoms with van der Waals surface area (Å²) in [7, 11) is -3.40. The van der Waals surface area contributed by atoms with Gasteiger partial charge in [-0.1, -0.05) is 0 Å². The van der Waals surface area contributed by atoms with E-state index in [2.05, 4.69) is 9.97 Å². The van der Waals surface area contributed by atoms with Gasteiger partial charge in [-0.25, -0.2) is 31.0 Å². The lowest BCUT2D eigenvalue weighted by atomic mass is 10.0. The summed E-state index contributed by atoms with van der Waals surface area (Å²) in [5, 5.41) is 0.170. The van der Waals surface area contributed by atoms with Crippen molar-refractivity contribution >= 4 is 32.5 Å². The SMILES string of the molecule is COc1ccnc2[nH]cc(C(=O)c3c(F)ccc(NS(=O)(=O)c4ccc(F)cc4F)c3F)c12. The number of nitrogens with one attached hydrogen (secondary N) is 2. The Balaban J connectivity index is 1.79. The van der Waals surface area contributed by atoms with E-state index in [0.717, 1.165) is 6.07 Å². The van der Waals surface area contributed by atoms with E-state index in [9.17, 15) is 26.4 Å². The highest BCUT2D eigenvalue weighted by Crippen LogP contribution is 2.32. The minimum atomic E-state index is -4.74. The van der Waals surface area contributed by atoms with Crippen molar-refractivity contribution in [3.63, 3.8) is 0 Å². The molecule has 0 saturated heterocycles. The molecule has 0 radical (unpaired) electrons. The third kappa shape index (κ3) is 3.89. The van der Waals surface area contributed by atoms with Gasteiger partial charge in [0.1, 0.15) is 33.7 Å². The van der Waals surface area contributed by atoms with Crippen LogP contribution >= 0.6 is 0 Å². The number of H-pyrrole nitrogens is 1. The fourth-order valence-electron chi connectivity index (χ4n) is 3.24. The average Bonchev–Trinajstić information content (AvgIpc) is 3.20. The highest BCUT2D eigenvalue weighted by Gasteiger charge is 2.28. The molecule has 33 heavy (non-hydrogen) atoms. The summed E-state index contributed by atoms with van der Waals surface area (Å²) in [4.78, 5) is 18.8. The average molecular weight is 479 g/mol. The van der Waals surface area contributed by atoms with Crippen LogP contribution in [0.3, 0.4) is 0 Å². The van der Waals surface area contributed by atoms with Crippen LogP contribution in [0.1, 0.15) is 15.9 Å². The van der Waals surface area contributed by atoms with Gasteiger partial charge in [0, 0.05) is 18.5 Å². The number of aromatic nitrogens is 2. The molecule has 12 heteroatoms. The van der Waals surface area contributed by atoms with E-state index < -0.39 is 55.2 Å². The normalized spacial score (nSPS) is 11.5. The number of aromatic amines is 1. The second kappa shape index (κ2) is 8.20. The molecule has 2 N–H and O–H groups in total. The summed E-state index contributed by atoms with van der Waals surface area (Å²) < 4.78 is 88.7. The molecular formula is C21H13F4N3O4S. The van der Waals surface area contributed by atoms with E-state index in [1.54, 1.807) is 4.72 Å². The molecule has 0 bridgehead atoms. The Bertz CT molecular complexity index is 1520. The predicted molar refractivity (Wildman–Crippen MR) is 110 cm³/mol. The summed E-state index contributed by atoms with van der Waals surface area (Å²) in [6.45, 7) is 0. The zero-order valence-electron chi connectivity index (χ0n) is 16.6. The lowest BCUT2D eigenvalue weighted by Gasteiger charge is -2.12. The standard InChI is InChI=1S/C21H13F4N3O4S/c1-32-15-6-7-26-21-17(15)11(9-27-21)20(29)18-12(23)3-4-14(19(18)25)28-33(30,31)16-5-2-10(22)8-13(16)24/h2-9,28H,1H3,(H,26,27). The summed E-state index contributed by atoms with van der Waals surface area (Å²) in [5.74, 6) is -6.12. The van der Waals surface area contributed by atoms with Gasteiger partial charge in [0.25, 0.3) is 10.0 Å². The number of sulfonamides is 1. The number of carbonyl (C=O) groups is 1. The Morgan fingerprint density at radius 2 is 1.82 bits per heavy atom. The lowest BCUT2D eigenvalue weighted by Crippen LogP contribution is -2.17. The smallest absolute Gasteiger partial charge is 0.264 e. The van der Waals surface area contributed by atoms with Crippen LogP contribution < -0.4 is 9.46 Å². The van der Waals surface area contributed by atoms with Crippen LogP contribution in [0.4, 0.5) is 23.2 Å². The van der Waals surface area contributed by atoms with E-state index in [4.69, 9.17) is 4.74 Å². The number of hydrogen-bond donors (Lipinski definition) is 2. The van der Waals surface area contributed by atoms with Gasteiger partial charge < -0.3 is 9.72 Å². The molecule has 0 atom stereocenters. The van der Waals surface area contributed by atoms with Crippen molar-refractivity contribution < 1.29 is 35.5 Å². The quantitative estimate of drug-likeness (QED) is 0.320. The van der Waals surface area contributed by atoms with Crippen molar-refractivity contribution in [2.45, 2.75) is 4.90 Å². The number of fused-ring (bicyclic) bond motifs is 1. The Hall–Kier alpha value is -3.93. The Kier molecular flexibility index (Phi) is 5.54. The minimum absolute atomic E-state index is 0.169. The van der Waals surface area contributed by atoms with Crippen LogP contribution in [0, 0.1) is 23.3 Å². The minimum Gasteiger partial charge on any atom is -0.496 e. The van der Waals surface area contributed by atoms with Crippen molar-refractivity contribution in [2.75, 3.05) is 11.8 Å². The zero-order valence-corrected chi connectivity index (χ0v) is 17.4. The number of ketones is 1. The van der Waals surface area contributed by atoms with Gasteiger partial charge in [0.05, 0.1) is 29.3 Å². The van der Waals surface area contributed by atoms with Gasteiger partial charge in [-0.15, -0.1) is 0 Å². The van der Waals surface area contributed by atoms with Crippen molar-refractivity contribution in [3.8, 4) is 5.75 Å². The van der Waals surface area contributed by atoms with Crippen molar-refractivity contribution in [1.29, 1.82) is 0 Å². The highest BCUT2D eigenvalue weighted by atomic mass is 32.2. The van der Waals surface area contributed by atoms with E-state index >= 15 is 4.39 Å². The summed E-state index contributed by atoms with van der Waals surface area (Å²) in [6, 6.07) is 4.54. The Morgan fingerprint density at radius 1 is 1.06 bits per heavy atom. The fraction of sp³-hybridized carbons (Fsp3) is 0.0476. The molecule has 0 fully saturated rings. The third-order valence-corrected chi connectivity index (χ3v) is 6.14. The van der Waals surface area contributed by atoms with Gasteiger partial charge in [-0.2, -0.15) is 0 Å². The number of pyridine rings is 1. The first-order chi connectivity index (χ1) is 15.6. The molecule has 0 aliphatic rings. The van der Waals surface area contributed by atoms with Crippen LogP contribution in [-0.4, -0.2) is 31.3 Å². The molecule has 7 nitrogen and oxygen atoms in total. The van der Waals surface area contributed by atoms with Gasteiger partial charge in [-0.05, 0) is 30.3 Å². The summed E-state index contributed by atoms with van der Waals surface area (Å²) in [5.41, 5.74) is -1.81. The van der Waals surface area contributed by atoms with Gasteiger partial charge in [-0.3, -0.25) is 9.52 Å². The molecule has 2 aromatic carbocycles. The number of anilines is 1. The number of rotatable bonds is 6. The maximum atomic E-state index is 15.2. The first-order valence-electron chi connectivity index (χ1n) is 9.14. The first kappa shape index (κ1) is 22.3. The number of benzene rings is 2. The van der Waals surface area contributed by atoms with Crippen LogP contribution in [0.2, 0.25) is 0 Å². The molecule has 0 saturated carbocycles. The summed E-state index contributed by atoms with van der Waals surface area (Å²) in [6.07, 6.45) is 2.59. The van der Waals surface area contributed by atoms with E-state index in [0.29, 0.717) is 24.3 Å².